The molecule has 2 amide bonds. The Labute approximate surface area is 214 Å². The Balaban J connectivity index is 1.84. The van der Waals surface area contributed by atoms with Crippen LogP contribution in [-0.4, -0.2) is 41.1 Å². The van der Waals surface area contributed by atoms with Crippen LogP contribution in [0.15, 0.2) is 66.7 Å². The number of benzene rings is 3. The molecule has 7 nitrogen and oxygen atoms in total. The summed E-state index contributed by atoms with van der Waals surface area (Å²) in [6.07, 6.45) is -1.59. The summed E-state index contributed by atoms with van der Waals surface area (Å²) in [7, 11) is 0. The maximum absolute atomic E-state index is 13.5. The Morgan fingerprint density at radius 1 is 0.757 bits per heavy atom. The molecule has 196 valence electrons. The molecule has 0 fully saturated rings. The van der Waals surface area contributed by atoms with E-state index in [0.717, 1.165) is 22.3 Å². The molecule has 0 saturated carbocycles. The van der Waals surface area contributed by atoms with Gasteiger partial charge in [-0.1, -0.05) is 38.1 Å². The molecule has 0 aliphatic heterocycles. The fourth-order valence-corrected chi connectivity index (χ4v) is 3.98. The fraction of sp³-hybridized carbons (Fsp3) is 0.286. The van der Waals surface area contributed by atoms with Gasteiger partial charge in [0.1, 0.15) is 24.0 Å². The van der Waals surface area contributed by atoms with E-state index in [9.17, 15) is 23.5 Å². The smallest absolute Gasteiger partial charge is 0.404 e. The molecule has 4 N–H and O–H groups in total. The molecular formula is C28H30F2N2O5. The molecule has 0 spiro atoms. The molecule has 2 atom stereocenters. The molecule has 9 heteroatoms. The Morgan fingerprint density at radius 2 is 1.24 bits per heavy atom. The Morgan fingerprint density at radius 3 is 1.68 bits per heavy atom. The van der Waals surface area contributed by atoms with Crippen molar-refractivity contribution in [3.05, 3.63) is 78.4 Å². The highest BCUT2D eigenvalue weighted by Crippen LogP contribution is 2.32. The van der Waals surface area contributed by atoms with Crippen LogP contribution in [0.4, 0.5) is 18.4 Å². The molecule has 0 bridgehead atoms. The van der Waals surface area contributed by atoms with Crippen molar-refractivity contribution in [3.8, 4) is 28.0 Å². The van der Waals surface area contributed by atoms with Gasteiger partial charge in [-0.2, -0.15) is 0 Å². The predicted octanol–water partition coefficient (Wildman–Crippen LogP) is 6.39. The van der Waals surface area contributed by atoms with Crippen molar-refractivity contribution in [1.82, 2.24) is 10.6 Å². The molecule has 3 aromatic rings. The molecule has 3 aromatic carbocycles. The number of ether oxygens (including phenoxy) is 1. The molecule has 37 heavy (non-hydrogen) atoms. The summed E-state index contributed by atoms with van der Waals surface area (Å²) in [5, 5.41) is 23.3. The standard InChI is InChI=1S/C28H30F2N2O5/c1-17(2)26(32-28(35)36)12-11-24(31-27(33)34)16-37-25-14-20(18-3-7-22(29)8-4-18)13-21(15-25)19-5-9-23(30)10-6-19/h3-10,13-15,17,24,26,31-32H,11-12,16H2,1-2H3,(H,33,34)(H,35,36)/t24-,26?/m0/s1. The second-order valence-electron chi connectivity index (χ2n) is 9.09. The van der Waals surface area contributed by atoms with E-state index in [1.807, 2.05) is 19.9 Å². The summed E-state index contributed by atoms with van der Waals surface area (Å²) < 4.78 is 33.0. The lowest BCUT2D eigenvalue weighted by Gasteiger charge is -2.24. The van der Waals surface area contributed by atoms with Crippen molar-refractivity contribution >= 4 is 12.2 Å². The number of carbonyl (C=O) groups is 2. The van der Waals surface area contributed by atoms with Crippen LogP contribution < -0.4 is 15.4 Å². The number of hydrogen-bond donors (Lipinski definition) is 4. The molecule has 1 unspecified atom stereocenters. The highest BCUT2D eigenvalue weighted by molar-refractivity contribution is 5.75. The summed E-state index contributed by atoms with van der Waals surface area (Å²) in [6, 6.07) is 16.4. The van der Waals surface area contributed by atoms with Gasteiger partial charge in [0.15, 0.2) is 0 Å². The third kappa shape index (κ3) is 8.49. The lowest BCUT2D eigenvalue weighted by Crippen LogP contribution is -2.42. The van der Waals surface area contributed by atoms with E-state index >= 15 is 0 Å². The van der Waals surface area contributed by atoms with Gasteiger partial charge in [0.2, 0.25) is 0 Å². The first kappa shape index (κ1) is 27.4. The minimum Gasteiger partial charge on any atom is -0.491 e. The zero-order valence-electron chi connectivity index (χ0n) is 20.6. The van der Waals surface area contributed by atoms with Crippen molar-refractivity contribution in [2.24, 2.45) is 5.92 Å². The van der Waals surface area contributed by atoms with Crippen molar-refractivity contribution in [2.45, 2.75) is 38.8 Å². The van der Waals surface area contributed by atoms with Crippen LogP contribution in [0.1, 0.15) is 26.7 Å². The van der Waals surface area contributed by atoms with E-state index in [-0.39, 0.29) is 30.2 Å². The molecule has 3 rings (SSSR count). The average molecular weight is 513 g/mol. The van der Waals surface area contributed by atoms with E-state index < -0.39 is 18.2 Å². The Bertz CT molecular complexity index is 1140. The largest absolute Gasteiger partial charge is 0.491 e. The van der Waals surface area contributed by atoms with Crippen LogP contribution >= 0.6 is 0 Å². The molecule has 0 radical (unpaired) electrons. The van der Waals surface area contributed by atoms with E-state index in [4.69, 9.17) is 9.84 Å². The number of amides is 2. The van der Waals surface area contributed by atoms with Gasteiger partial charge in [0.25, 0.3) is 0 Å². The summed E-state index contributed by atoms with van der Waals surface area (Å²) in [5.41, 5.74) is 2.97. The molecule has 0 heterocycles. The van der Waals surface area contributed by atoms with Gasteiger partial charge in [-0.25, -0.2) is 18.4 Å². The number of halogens is 2. The van der Waals surface area contributed by atoms with Crippen LogP contribution in [0, 0.1) is 17.6 Å². The summed E-state index contributed by atoms with van der Waals surface area (Å²) in [5.74, 6) is -0.264. The van der Waals surface area contributed by atoms with Gasteiger partial charge < -0.3 is 25.6 Å². The SMILES string of the molecule is CC(C)C(CC[C@@H](COc1cc(-c2ccc(F)cc2)cc(-c2ccc(F)cc2)c1)NC(=O)O)NC(=O)O. The lowest BCUT2D eigenvalue weighted by atomic mass is 9.97. The van der Waals surface area contributed by atoms with E-state index in [1.165, 1.54) is 24.3 Å². The summed E-state index contributed by atoms with van der Waals surface area (Å²) >= 11 is 0. The summed E-state index contributed by atoms with van der Waals surface area (Å²) in [6.45, 7) is 3.77. The molecule has 0 saturated heterocycles. The van der Waals surface area contributed by atoms with E-state index in [2.05, 4.69) is 10.6 Å². The van der Waals surface area contributed by atoms with Gasteiger partial charge in [0.05, 0.1) is 6.04 Å². The fourth-order valence-electron chi connectivity index (χ4n) is 3.98. The monoisotopic (exact) mass is 512 g/mol. The van der Waals surface area contributed by atoms with Gasteiger partial charge in [0, 0.05) is 6.04 Å². The number of rotatable bonds is 11. The topological polar surface area (TPSA) is 108 Å². The number of hydrogen-bond acceptors (Lipinski definition) is 3. The van der Waals surface area contributed by atoms with Crippen LogP contribution in [0.25, 0.3) is 22.3 Å². The zero-order chi connectivity index (χ0) is 26.9. The first-order valence-electron chi connectivity index (χ1n) is 11.9. The quantitative estimate of drug-likeness (QED) is 0.238. The first-order valence-corrected chi connectivity index (χ1v) is 11.9. The van der Waals surface area contributed by atoms with Crippen LogP contribution in [0.2, 0.25) is 0 Å². The second-order valence-corrected chi connectivity index (χ2v) is 9.09. The third-order valence-electron chi connectivity index (χ3n) is 5.98. The molecule has 0 aliphatic carbocycles. The average Bonchev–Trinajstić information content (AvgIpc) is 2.85. The van der Waals surface area contributed by atoms with Crippen molar-refractivity contribution in [1.29, 1.82) is 0 Å². The molecule has 0 aliphatic rings. The van der Waals surface area contributed by atoms with Gasteiger partial charge in [-0.3, -0.25) is 0 Å². The van der Waals surface area contributed by atoms with E-state index in [1.54, 1.807) is 36.4 Å². The van der Waals surface area contributed by atoms with Crippen LogP contribution in [0.3, 0.4) is 0 Å². The normalized spacial score (nSPS) is 12.6. The highest BCUT2D eigenvalue weighted by atomic mass is 19.1. The van der Waals surface area contributed by atoms with Crippen molar-refractivity contribution < 1.29 is 33.3 Å². The minimum atomic E-state index is -1.21. The van der Waals surface area contributed by atoms with Crippen LogP contribution in [-0.2, 0) is 0 Å². The zero-order valence-corrected chi connectivity index (χ0v) is 20.6. The van der Waals surface area contributed by atoms with Gasteiger partial charge in [-0.05, 0) is 83.5 Å². The number of nitrogens with one attached hydrogen (secondary N) is 2. The van der Waals surface area contributed by atoms with E-state index in [0.29, 0.717) is 18.6 Å². The second kappa shape index (κ2) is 12.7. The van der Waals surface area contributed by atoms with Crippen LogP contribution in [0.5, 0.6) is 5.75 Å². The van der Waals surface area contributed by atoms with Crippen molar-refractivity contribution in [3.63, 3.8) is 0 Å². The van der Waals surface area contributed by atoms with Gasteiger partial charge >= 0.3 is 12.2 Å². The maximum atomic E-state index is 13.5. The van der Waals surface area contributed by atoms with Crippen molar-refractivity contribution in [2.75, 3.05) is 6.61 Å². The predicted molar refractivity (Wildman–Crippen MR) is 137 cm³/mol. The number of carboxylic acid groups (broad SMARTS) is 2. The molecular weight excluding hydrogens is 482 g/mol. The Hall–Kier alpha value is -4.14. The Kier molecular flexibility index (Phi) is 9.43. The maximum Gasteiger partial charge on any atom is 0.404 e. The highest BCUT2D eigenvalue weighted by Gasteiger charge is 2.20. The lowest BCUT2D eigenvalue weighted by molar-refractivity contribution is 0.172. The molecule has 0 aromatic heterocycles. The minimum absolute atomic E-state index is 0.0000837. The third-order valence-corrected chi connectivity index (χ3v) is 5.98. The first-order chi connectivity index (χ1) is 17.6. The van der Waals surface area contributed by atoms with Gasteiger partial charge in [-0.15, -0.1) is 0 Å². The summed E-state index contributed by atoms with van der Waals surface area (Å²) in [4.78, 5) is 22.5.